The van der Waals surface area contributed by atoms with Gasteiger partial charge in [-0.1, -0.05) is 0 Å². The Hall–Kier alpha value is -1.38. The third-order valence-corrected chi connectivity index (χ3v) is 2.37. The quantitative estimate of drug-likeness (QED) is 0.769. The molecule has 0 bridgehead atoms. The number of nitrogens with zero attached hydrogens (tertiary/aromatic N) is 2. The van der Waals surface area contributed by atoms with Crippen molar-refractivity contribution in [3.8, 4) is 0 Å². The number of pyridine rings is 1. The van der Waals surface area contributed by atoms with E-state index in [1.165, 1.54) is 18.4 Å². The molecule has 0 radical (unpaired) electrons. The summed E-state index contributed by atoms with van der Waals surface area (Å²) in [6.07, 6.45) is 7.24. The highest BCUT2D eigenvalue weighted by Crippen LogP contribution is 2.04. The van der Waals surface area contributed by atoms with Gasteiger partial charge in [-0.05, 0) is 30.5 Å². The van der Waals surface area contributed by atoms with E-state index in [9.17, 15) is 0 Å². The van der Waals surface area contributed by atoms with Crippen molar-refractivity contribution >= 4 is 5.84 Å². The number of nitrogens with one attached hydrogen (secondary N) is 1. The summed E-state index contributed by atoms with van der Waals surface area (Å²) >= 11 is 0. The smallest absolute Gasteiger partial charge is 0.0965 e. The molecule has 0 unspecified atom stereocenters. The van der Waals surface area contributed by atoms with Gasteiger partial charge in [0.2, 0.25) is 0 Å². The van der Waals surface area contributed by atoms with E-state index >= 15 is 0 Å². The Labute approximate surface area is 84.3 Å². The summed E-state index contributed by atoms with van der Waals surface area (Å²) in [7, 11) is 0. The lowest BCUT2D eigenvalue weighted by Gasteiger charge is -2.13. The molecular weight excluding hydrogens is 174 g/mol. The Balaban J connectivity index is 1.85. The third kappa shape index (κ3) is 2.55. The fraction of sp³-hybridized carbons (Fsp3) is 0.455. The van der Waals surface area contributed by atoms with Gasteiger partial charge >= 0.3 is 0 Å². The van der Waals surface area contributed by atoms with Crippen LogP contribution in [0.4, 0.5) is 0 Å². The van der Waals surface area contributed by atoms with Gasteiger partial charge in [0, 0.05) is 31.9 Å². The molecule has 2 rings (SSSR count). The molecule has 1 aromatic heterocycles. The van der Waals surface area contributed by atoms with Crippen molar-refractivity contribution in [2.24, 2.45) is 4.99 Å². The van der Waals surface area contributed by atoms with E-state index < -0.39 is 0 Å². The lowest BCUT2D eigenvalue weighted by atomic mass is 10.2. The first-order valence-corrected chi connectivity index (χ1v) is 5.11. The maximum Gasteiger partial charge on any atom is 0.0965 e. The molecule has 3 heteroatoms. The molecule has 1 N–H and O–H groups in total. The van der Waals surface area contributed by atoms with Crippen LogP contribution in [0.2, 0.25) is 0 Å². The summed E-state index contributed by atoms with van der Waals surface area (Å²) in [5.74, 6) is 1.16. The highest BCUT2D eigenvalue weighted by molar-refractivity contribution is 5.82. The molecule has 3 nitrogen and oxygen atoms in total. The van der Waals surface area contributed by atoms with Crippen molar-refractivity contribution in [1.29, 1.82) is 0 Å². The topological polar surface area (TPSA) is 37.3 Å². The highest BCUT2D eigenvalue weighted by atomic mass is 15.0. The van der Waals surface area contributed by atoms with Crippen LogP contribution >= 0.6 is 0 Å². The van der Waals surface area contributed by atoms with E-state index in [-0.39, 0.29) is 0 Å². The first-order valence-electron chi connectivity index (χ1n) is 5.11. The van der Waals surface area contributed by atoms with Crippen LogP contribution in [0.15, 0.2) is 29.5 Å². The zero-order valence-electron chi connectivity index (χ0n) is 8.24. The minimum atomic E-state index is 0.862. The minimum Gasteiger partial charge on any atom is -0.370 e. The van der Waals surface area contributed by atoms with Gasteiger partial charge in [0.05, 0.1) is 5.84 Å². The zero-order chi connectivity index (χ0) is 9.64. The summed E-state index contributed by atoms with van der Waals surface area (Å²) < 4.78 is 0. The van der Waals surface area contributed by atoms with E-state index in [0.29, 0.717) is 0 Å². The van der Waals surface area contributed by atoms with Gasteiger partial charge in [0.25, 0.3) is 0 Å². The zero-order valence-corrected chi connectivity index (χ0v) is 8.24. The number of aromatic nitrogens is 1. The maximum absolute atomic E-state index is 4.43. The second-order valence-electron chi connectivity index (χ2n) is 3.49. The van der Waals surface area contributed by atoms with Gasteiger partial charge in [0.15, 0.2) is 0 Å². The van der Waals surface area contributed by atoms with Crippen molar-refractivity contribution in [1.82, 2.24) is 10.3 Å². The molecule has 74 valence electrons. The number of aliphatic imine (C=N–C) groups is 1. The number of hydrogen-bond acceptors (Lipinski definition) is 3. The molecule has 0 saturated carbocycles. The van der Waals surface area contributed by atoms with Gasteiger partial charge in [0.1, 0.15) is 0 Å². The lowest BCUT2D eigenvalue weighted by molar-refractivity contribution is 0.706. The van der Waals surface area contributed by atoms with Crippen LogP contribution < -0.4 is 5.32 Å². The SMILES string of the molecule is c1cc(CNC2=NCCCC2)ccn1. The average molecular weight is 189 g/mol. The molecule has 2 heterocycles. The molecule has 0 amide bonds. The first kappa shape index (κ1) is 9.19. The predicted molar refractivity (Wildman–Crippen MR) is 57.2 cm³/mol. The normalized spacial score (nSPS) is 16.1. The third-order valence-electron chi connectivity index (χ3n) is 2.37. The standard InChI is InChI=1S/C11H15N3/c1-2-6-13-11(3-1)14-9-10-4-7-12-8-5-10/h4-5,7-8H,1-3,6,9H2,(H,13,14). The number of rotatable bonds is 2. The van der Waals surface area contributed by atoms with Crippen LogP contribution in [0.5, 0.6) is 0 Å². The van der Waals surface area contributed by atoms with Gasteiger partial charge in [-0.25, -0.2) is 0 Å². The Morgan fingerprint density at radius 3 is 2.79 bits per heavy atom. The second-order valence-corrected chi connectivity index (χ2v) is 3.49. The minimum absolute atomic E-state index is 0.862. The van der Waals surface area contributed by atoms with E-state index in [0.717, 1.165) is 25.3 Å². The van der Waals surface area contributed by atoms with E-state index in [4.69, 9.17) is 0 Å². The van der Waals surface area contributed by atoms with Crippen LogP contribution in [-0.4, -0.2) is 17.4 Å². The molecule has 14 heavy (non-hydrogen) atoms. The molecule has 1 aliphatic rings. The molecule has 0 spiro atoms. The summed E-state index contributed by atoms with van der Waals surface area (Å²) in [4.78, 5) is 8.42. The molecule has 0 aromatic carbocycles. The molecule has 0 fully saturated rings. The van der Waals surface area contributed by atoms with Crippen LogP contribution in [-0.2, 0) is 6.54 Å². The van der Waals surface area contributed by atoms with Crippen LogP contribution in [0.1, 0.15) is 24.8 Å². The number of hydrogen-bond donors (Lipinski definition) is 1. The van der Waals surface area contributed by atoms with Crippen molar-refractivity contribution in [3.63, 3.8) is 0 Å². The van der Waals surface area contributed by atoms with E-state index in [1.807, 2.05) is 24.5 Å². The maximum atomic E-state index is 4.43. The molecule has 0 saturated heterocycles. The van der Waals surface area contributed by atoms with E-state index in [2.05, 4.69) is 15.3 Å². The molecule has 0 aliphatic carbocycles. The monoisotopic (exact) mass is 189 g/mol. The number of amidine groups is 1. The van der Waals surface area contributed by atoms with Crippen molar-refractivity contribution in [3.05, 3.63) is 30.1 Å². The predicted octanol–water partition coefficient (Wildman–Crippen LogP) is 1.75. The van der Waals surface area contributed by atoms with E-state index in [1.54, 1.807) is 0 Å². The largest absolute Gasteiger partial charge is 0.370 e. The van der Waals surface area contributed by atoms with Gasteiger partial charge < -0.3 is 5.32 Å². The average Bonchev–Trinajstić information content (AvgIpc) is 2.29. The van der Waals surface area contributed by atoms with Crippen LogP contribution in [0, 0.1) is 0 Å². The molecule has 1 aromatic rings. The fourth-order valence-corrected chi connectivity index (χ4v) is 1.55. The first-order chi connectivity index (χ1) is 6.95. The van der Waals surface area contributed by atoms with Gasteiger partial charge in [-0.15, -0.1) is 0 Å². The molecule has 0 atom stereocenters. The lowest BCUT2D eigenvalue weighted by Crippen LogP contribution is -2.25. The van der Waals surface area contributed by atoms with Gasteiger partial charge in [-0.2, -0.15) is 0 Å². The Bertz CT molecular complexity index is 306. The fourth-order valence-electron chi connectivity index (χ4n) is 1.55. The Kier molecular flexibility index (Phi) is 3.11. The summed E-state index contributed by atoms with van der Waals surface area (Å²) in [5, 5.41) is 3.36. The van der Waals surface area contributed by atoms with Crippen molar-refractivity contribution in [2.45, 2.75) is 25.8 Å². The Morgan fingerprint density at radius 2 is 2.07 bits per heavy atom. The van der Waals surface area contributed by atoms with Gasteiger partial charge in [-0.3, -0.25) is 9.98 Å². The van der Waals surface area contributed by atoms with Crippen molar-refractivity contribution < 1.29 is 0 Å². The summed E-state index contributed by atoms with van der Waals surface area (Å²) in [6, 6.07) is 4.05. The van der Waals surface area contributed by atoms with Crippen LogP contribution in [0.25, 0.3) is 0 Å². The highest BCUT2D eigenvalue weighted by Gasteiger charge is 2.03. The second kappa shape index (κ2) is 4.74. The Morgan fingerprint density at radius 1 is 1.21 bits per heavy atom. The van der Waals surface area contributed by atoms with Crippen molar-refractivity contribution in [2.75, 3.05) is 6.54 Å². The molecule has 1 aliphatic heterocycles. The summed E-state index contributed by atoms with van der Waals surface area (Å²) in [5.41, 5.74) is 1.26. The van der Waals surface area contributed by atoms with Crippen LogP contribution in [0.3, 0.4) is 0 Å². The molecular formula is C11H15N3. The summed E-state index contributed by atoms with van der Waals surface area (Å²) in [6.45, 7) is 1.85.